The average Bonchev–Trinajstić information content (AvgIpc) is 2.95. The summed E-state index contributed by atoms with van der Waals surface area (Å²) >= 11 is 1.35. The Morgan fingerprint density at radius 2 is 2.14 bits per heavy atom. The number of benzene rings is 1. The van der Waals surface area contributed by atoms with E-state index in [0.717, 1.165) is 22.5 Å². The maximum atomic E-state index is 11.9. The number of anilines is 1. The lowest BCUT2D eigenvalue weighted by Gasteiger charge is -2.02. The van der Waals surface area contributed by atoms with Crippen molar-refractivity contribution in [2.24, 2.45) is 0 Å². The van der Waals surface area contributed by atoms with Gasteiger partial charge in [-0.25, -0.2) is 4.98 Å². The number of fused-ring (bicyclic) bond motifs is 1. The highest BCUT2D eigenvalue weighted by Gasteiger charge is 2.08. The molecule has 0 saturated heterocycles. The van der Waals surface area contributed by atoms with Gasteiger partial charge in [-0.05, 0) is 24.3 Å². The number of pyridine rings is 1. The molecule has 3 aromatic rings. The van der Waals surface area contributed by atoms with Gasteiger partial charge in [0.2, 0.25) is 5.91 Å². The molecule has 2 N–H and O–H groups in total. The van der Waals surface area contributed by atoms with Crippen LogP contribution in [-0.2, 0) is 4.79 Å². The Hall–Kier alpha value is -2.54. The Morgan fingerprint density at radius 3 is 2.91 bits per heavy atom. The fourth-order valence-electron chi connectivity index (χ4n) is 1.93. The third-order valence-corrected chi connectivity index (χ3v) is 3.84. The summed E-state index contributed by atoms with van der Waals surface area (Å²) in [7, 11) is 1.62. The van der Waals surface area contributed by atoms with E-state index in [1.54, 1.807) is 31.6 Å². The van der Waals surface area contributed by atoms with Crippen molar-refractivity contribution in [3.8, 4) is 5.75 Å². The second kappa shape index (κ2) is 6.48. The molecule has 0 bridgehead atoms. The molecule has 2 aromatic heterocycles. The lowest BCUT2D eigenvalue weighted by Crippen LogP contribution is -2.14. The molecule has 0 aliphatic rings. The van der Waals surface area contributed by atoms with Gasteiger partial charge in [0.15, 0.2) is 5.16 Å². The molecule has 7 heteroatoms. The van der Waals surface area contributed by atoms with Crippen LogP contribution in [0.25, 0.3) is 11.0 Å². The third-order valence-electron chi connectivity index (χ3n) is 2.97. The zero-order chi connectivity index (χ0) is 15.4. The Labute approximate surface area is 131 Å². The summed E-state index contributed by atoms with van der Waals surface area (Å²) < 4.78 is 5.17. The van der Waals surface area contributed by atoms with Gasteiger partial charge in [-0.1, -0.05) is 11.8 Å². The number of amides is 1. The van der Waals surface area contributed by atoms with Crippen LogP contribution in [0.15, 0.2) is 47.9 Å². The van der Waals surface area contributed by atoms with Crippen LogP contribution in [0.4, 0.5) is 5.69 Å². The first-order valence-electron chi connectivity index (χ1n) is 6.61. The van der Waals surface area contributed by atoms with Crippen molar-refractivity contribution < 1.29 is 9.53 Å². The fourth-order valence-corrected chi connectivity index (χ4v) is 2.61. The van der Waals surface area contributed by atoms with Gasteiger partial charge in [0.25, 0.3) is 0 Å². The maximum Gasteiger partial charge on any atom is 0.234 e. The number of carbonyl (C=O) groups excluding carboxylic acids is 1. The van der Waals surface area contributed by atoms with Crippen molar-refractivity contribution >= 4 is 34.4 Å². The third kappa shape index (κ3) is 3.37. The van der Waals surface area contributed by atoms with Crippen LogP contribution in [0.5, 0.6) is 5.75 Å². The molecular weight excluding hydrogens is 300 g/mol. The van der Waals surface area contributed by atoms with Crippen LogP contribution >= 0.6 is 11.8 Å². The summed E-state index contributed by atoms with van der Waals surface area (Å²) in [5, 5.41) is 3.50. The van der Waals surface area contributed by atoms with Gasteiger partial charge in [0, 0.05) is 24.1 Å². The number of aromatic nitrogens is 3. The van der Waals surface area contributed by atoms with Crippen molar-refractivity contribution in [3.63, 3.8) is 0 Å². The highest BCUT2D eigenvalue weighted by atomic mass is 32.2. The largest absolute Gasteiger partial charge is 0.497 e. The van der Waals surface area contributed by atoms with Gasteiger partial charge in [0.05, 0.1) is 23.9 Å². The lowest BCUT2D eigenvalue weighted by atomic mass is 10.3. The van der Waals surface area contributed by atoms with Gasteiger partial charge in [-0.3, -0.25) is 9.78 Å². The first kappa shape index (κ1) is 14.4. The molecule has 0 atom stereocenters. The zero-order valence-corrected chi connectivity index (χ0v) is 12.7. The molecule has 0 aliphatic carbocycles. The number of hydrogen-bond donors (Lipinski definition) is 2. The number of nitrogens with zero attached hydrogens (tertiary/aromatic N) is 2. The second-order valence-electron chi connectivity index (χ2n) is 4.50. The number of ether oxygens (including phenoxy) is 1. The highest BCUT2D eigenvalue weighted by Crippen LogP contribution is 2.23. The van der Waals surface area contributed by atoms with Crippen molar-refractivity contribution in [1.82, 2.24) is 15.0 Å². The van der Waals surface area contributed by atoms with Gasteiger partial charge in [0.1, 0.15) is 5.75 Å². The monoisotopic (exact) mass is 314 g/mol. The van der Waals surface area contributed by atoms with E-state index in [0.29, 0.717) is 5.16 Å². The molecule has 1 amide bonds. The molecule has 0 radical (unpaired) electrons. The Morgan fingerprint density at radius 1 is 1.32 bits per heavy atom. The molecule has 2 heterocycles. The van der Waals surface area contributed by atoms with E-state index in [9.17, 15) is 4.79 Å². The molecule has 0 aliphatic heterocycles. The number of methoxy groups -OCH3 is 1. The number of thioether (sulfide) groups is 1. The number of hydrogen-bond acceptors (Lipinski definition) is 5. The summed E-state index contributed by atoms with van der Waals surface area (Å²) in [6.45, 7) is 0. The van der Waals surface area contributed by atoms with E-state index in [4.69, 9.17) is 4.74 Å². The van der Waals surface area contributed by atoms with Gasteiger partial charge in [-0.15, -0.1) is 0 Å². The SMILES string of the molecule is COc1ccc2nc(SCC(=O)Nc3ccncc3)[nH]c2c1. The quantitative estimate of drug-likeness (QED) is 0.708. The average molecular weight is 314 g/mol. The van der Waals surface area contributed by atoms with Crippen molar-refractivity contribution in [2.75, 3.05) is 18.2 Å². The minimum Gasteiger partial charge on any atom is -0.497 e. The molecule has 0 spiro atoms. The number of nitrogens with one attached hydrogen (secondary N) is 2. The van der Waals surface area contributed by atoms with E-state index in [1.165, 1.54) is 11.8 Å². The standard InChI is InChI=1S/C15H14N4O2S/c1-21-11-2-3-12-13(8-11)19-15(18-12)22-9-14(20)17-10-4-6-16-7-5-10/h2-8H,9H2,1H3,(H,18,19)(H,16,17,20). The van der Waals surface area contributed by atoms with Crippen molar-refractivity contribution in [2.45, 2.75) is 5.16 Å². The van der Waals surface area contributed by atoms with Gasteiger partial charge < -0.3 is 15.0 Å². The summed E-state index contributed by atoms with van der Waals surface area (Å²) in [5.41, 5.74) is 2.46. The lowest BCUT2D eigenvalue weighted by molar-refractivity contribution is -0.113. The van der Waals surface area contributed by atoms with Gasteiger partial charge in [-0.2, -0.15) is 0 Å². The maximum absolute atomic E-state index is 11.9. The van der Waals surface area contributed by atoms with E-state index in [2.05, 4.69) is 20.3 Å². The number of rotatable bonds is 5. The molecule has 22 heavy (non-hydrogen) atoms. The molecule has 3 rings (SSSR count). The van der Waals surface area contributed by atoms with E-state index < -0.39 is 0 Å². The van der Waals surface area contributed by atoms with E-state index >= 15 is 0 Å². The molecule has 112 valence electrons. The second-order valence-corrected chi connectivity index (χ2v) is 5.46. The summed E-state index contributed by atoms with van der Waals surface area (Å²) in [4.78, 5) is 23.4. The van der Waals surface area contributed by atoms with E-state index in [-0.39, 0.29) is 11.7 Å². The Kier molecular flexibility index (Phi) is 4.24. The Balaban J connectivity index is 1.62. The predicted molar refractivity (Wildman–Crippen MR) is 86.2 cm³/mol. The molecule has 1 aromatic carbocycles. The minimum absolute atomic E-state index is 0.0887. The smallest absolute Gasteiger partial charge is 0.234 e. The first-order valence-corrected chi connectivity index (χ1v) is 7.59. The topological polar surface area (TPSA) is 79.9 Å². The normalized spacial score (nSPS) is 10.6. The van der Waals surface area contributed by atoms with Crippen LogP contribution in [0.2, 0.25) is 0 Å². The highest BCUT2D eigenvalue weighted by molar-refractivity contribution is 7.99. The summed E-state index contributed by atoms with van der Waals surface area (Å²) in [6.07, 6.45) is 3.27. The van der Waals surface area contributed by atoms with Crippen LogP contribution in [0.1, 0.15) is 0 Å². The predicted octanol–water partition coefficient (Wildman–Crippen LogP) is 2.70. The zero-order valence-electron chi connectivity index (χ0n) is 11.9. The molecule has 0 saturated carbocycles. The first-order chi connectivity index (χ1) is 10.7. The van der Waals surface area contributed by atoms with Crippen LogP contribution in [0, 0.1) is 0 Å². The number of carbonyl (C=O) groups is 1. The number of H-pyrrole nitrogens is 1. The molecule has 0 unspecified atom stereocenters. The van der Waals surface area contributed by atoms with Gasteiger partial charge >= 0.3 is 0 Å². The molecule has 6 nitrogen and oxygen atoms in total. The molecular formula is C15H14N4O2S. The van der Waals surface area contributed by atoms with E-state index in [1.807, 2.05) is 18.2 Å². The minimum atomic E-state index is -0.0887. The van der Waals surface area contributed by atoms with Crippen LogP contribution < -0.4 is 10.1 Å². The molecule has 0 fully saturated rings. The summed E-state index contributed by atoms with van der Waals surface area (Å²) in [6, 6.07) is 9.11. The van der Waals surface area contributed by atoms with Crippen LogP contribution in [-0.4, -0.2) is 33.7 Å². The number of aromatic amines is 1. The fraction of sp³-hybridized carbons (Fsp3) is 0.133. The van der Waals surface area contributed by atoms with Crippen molar-refractivity contribution in [1.29, 1.82) is 0 Å². The summed E-state index contributed by atoms with van der Waals surface area (Å²) in [5.74, 6) is 0.955. The number of imidazole rings is 1. The van der Waals surface area contributed by atoms with Crippen LogP contribution in [0.3, 0.4) is 0 Å². The van der Waals surface area contributed by atoms with Crippen molar-refractivity contribution in [3.05, 3.63) is 42.7 Å². The Bertz CT molecular complexity index is 789.